The molecule has 0 aromatic heterocycles. The third-order valence-corrected chi connectivity index (χ3v) is 3.01. The van der Waals surface area contributed by atoms with E-state index in [-0.39, 0.29) is 18.0 Å². The van der Waals surface area contributed by atoms with Crippen LogP contribution in [-0.2, 0) is 14.1 Å². The lowest BCUT2D eigenvalue weighted by Gasteiger charge is -2.13. The number of hydrogen-bond acceptors (Lipinski definition) is 3. The van der Waals surface area contributed by atoms with Crippen LogP contribution in [0.4, 0.5) is 0 Å². The van der Waals surface area contributed by atoms with Gasteiger partial charge in [-0.1, -0.05) is 6.92 Å². The molecule has 1 unspecified atom stereocenters. The Morgan fingerprint density at radius 2 is 2.00 bits per heavy atom. The average molecular weight is 238 g/mol. The zero-order valence-electron chi connectivity index (χ0n) is 9.18. The number of hydrogen-bond donors (Lipinski definition) is 2. The summed E-state index contributed by atoms with van der Waals surface area (Å²) in [6.45, 7) is 3.94. The summed E-state index contributed by atoms with van der Waals surface area (Å²) in [4.78, 5) is 28.6. The Morgan fingerprint density at radius 3 is 2.40 bits per heavy atom. The molecule has 0 aromatic carbocycles. The van der Waals surface area contributed by atoms with E-state index < -0.39 is 7.60 Å². The monoisotopic (exact) mass is 238 g/mol. The summed E-state index contributed by atoms with van der Waals surface area (Å²) in [5.74, 6) is -0.512. The Kier molecular flexibility index (Phi) is 6.81. The maximum Gasteiger partial charge on any atom is 0.325 e. The van der Waals surface area contributed by atoms with Crippen LogP contribution in [0.2, 0.25) is 0 Å². The summed E-state index contributed by atoms with van der Waals surface area (Å²) in [6.07, 6.45) is 1.30. The second-order valence-electron chi connectivity index (χ2n) is 3.39. The van der Waals surface area contributed by atoms with Crippen LogP contribution in [-0.4, -0.2) is 28.5 Å². The summed E-state index contributed by atoms with van der Waals surface area (Å²) in [5, 5.41) is 0. The molecule has 90 valence electrons. The number of carbonyl (C=O) groups excluding carboxylic acids is 1. The zero-order valence-corrected chi connectivity index (χ0v) is 10.1. The van der Waals surface area contributed by atoms with E-state index in [1.165, 1.54) is 0 Å². The third kappa shape index (κ3) is 7.54. The first kappa shape index (κ1) is 14.6. The maximum absolute atomic E-state index is 11.3. The highest BCUT2D eigenvalue weighted by molar-refractivity contribution is 7.51. The molecule has 0 saturated heterocycles. The molecule has 0 aromatic rings. The van der Waals surface area contributed by atoms with E-state index in [9.17, 15) is 9.36 Å². The minimum Gasteiger partial charge on any atom is -0.466 e. The van der Waals surface area contributed by atoms with Gasteiger partial charge < -0.3 is 14.5 Å². The quantitative estimate of drug-likeness (QED) is 0.519. The molecule has 0 radical (unpaired) electrons. The van der Waals surface area contributed by atoms with Gasteiger partial charge in [0.25, 0.3) is 0 Å². The van der Waals surface area contributed by atoms with Gasteiger partial charge in [-0.2, -0.15) is 0 Å². The van der Waals surface area contributed by atoms with Gasteiger partial charge in [-0.3, -0.25) is 9.36 Å². The Morgan fingerprint density at radius 1 is 1.40 bits per heavy atom. The molecule has 0 amide bonds. The SMILES string of the molecule is CCOC(=O)C(CC)CCCP(=O)(O)O. The molecule has 0 fully saturated rings. The first-order valence-corrected chi connectivity index (χ1v) is 6.91. The van der Waals surface area contributed by atoms with E-state index in [0.717, 1.165) is 0 Å². The van der Waals surface area contributed by atoms with Gasteiger partial charge in [0.15, 0.2) is 0 Å². The van der Waals surface area contributed by atoms with E-state index in [1.807, 2.05) is 6.92 Å². The van der Waals surface area contributed by atoms with Crippen LogP contribution in [0.5, 0.6) is 0 Å². The summed E-state index contributed by atoms with van der Waals surface area (Å²) < 4.78 is 15.4. The van der Waals surface area contributed by atoms with Crippen LogP contribution in [0.25, 0.3) is 0 Å². The van der Waals surface area contributed by atoms with E-state index in [4.69, 9.17) is 14.5 Å². The van der Waals surface area contributed by atoms with Crippen LogP contribution >= 0.6 is 7.60 Å². The molecule has 15 heavy (non-hydrogen) atoms. The van der Waals surface area contributed by atoms with Gasteiger partial charge in [0.05, 0.1) is 12.5 Å². The van der Waals surface area contributed by atoms with E-state index in [2.05, 4.69) is 0 Å². The molecule has 0 spiro atoms. The molecular weight excluding hydrogens is 219 g/mol. The molecule has 2 N–H and O–H groups in total. The summed E-state index contributed by atoms with van der Waals surface area (Å²) in [6, 6.07) is 0. The van der Waals surface area contributed by atoms with Crippen molar-refractivity contribution in [1.29, 1.82) is 0 Å². The van der Waals surface area contributed by atoms with Gasteiger partial charge in [-0.15, -0.1) is 0 Å². The predicted octanol–water partition coefficient (Wildman–Crippen LogP) is 1.53. The van der Waals surface area contributed by atoms with Crippen molar-refractivity contribution in [2.75, 3.05) is 12.8 Å². The first-order valence-electron chi connectivity index (χ1n) is 5.12. The van der Waals surface area contributed by atoms with Gasteiger partial charge in [0.1, 0.15) is 0 Å². The molecule has 0 bridgehead atoms. The van der Waals surface area contributed by atoms with Crippen LogP contribution in [0, 0.1) is 5.92 Å². The predicted molar refractivity (Wildman–Crippen MR) is 56.6 cm³/mol. The lowest BCUT2D eigenvalue weighted by atomic mass is 10.0. The highest BCUT2D eigenvalue weighted by atomic mass is 31.2. The Hall–Kier alpha value is -0.380. The molecule has 0 aliphatic carbocycles. The molecule has 1 atom stereocenters. The van der Waals surface area contributed by atoms with Gasteiger partial charge in [0, 0.05) is 6.16 Å². The molecule has 0 rings (SSSR count). The van der Waals surface area contributed by atoms with Gasteiger partial charge in [0.2, 0.25) is 0 Å². The smallest absolute Gasteiger partial charge is 0.325 e. The molecule has 0 heterocycles. The van der Waals surface area contributed by atoms with Crippen LogP contribution in [0.3, 0.4) is 0 Å². The Labute approximate surface area is 90.0 Å². The summed E-state index contributed by atoms with van der Waals surface area (Å²) >= 11 is 0. The van der Waals surface area contributed by atoms with E-state index in [0.29, 0.717) is 25.9 Å². The normalized spacial score (nSPS) is 13.6. The highest BCUT2D eigenvalue weighted by Crippen LogP contribution is 2.36. The van der Waals surface area contributed by atoms with Crippen molar-refractivity contribution >= 4 is 13.6 Å². The lowest BCUT2D eigenvalue weighted by molar-refractivity contribution is -0.148. The van der Waals surface area contributed by atoms with Crippen LogP contribution in [0.1, 0.15) is 33.1 Å². The van der Waals surface area contributed by atoms with Crippen LogP contribution < -0.4 is 0 Å². The average Bonchev–Trinajstić information content (AvgIpc) is 2.11. The first-order chi connectivity index (χ1) is 6.90. The van der Waals surface area contributed by atoms with Crippen molar-refractivity contribution in [2.24, 2.45) is 5.92 Å². The van der Waals surface area contributed by atoms with Crippen molar-refractivity contribution in [3.63, 3.8) is 0 Å². The fourth-order valence-corrected chi connectivity index (χ4v) is 1.89. The number of ether oxygens (including phenoxy) is 1. The van der Waals surface area contributed by atoms with E-state index in [1.54, 1.807) is 6.92 Å². The second kappa shape index (κ2) is 6.99. The van der Waals surface area contributed by atoms with Crippen LogP contribution in [0.15, 0.2) is 0 Å². The summed E-state index contributed by atoms with van der Waals surface area (Å²) in [7, 11) is -3.93. The molecular formula is C9H19O5P. The molecule has 0 aliphatic heterocycles. The largest absolute Gasteiger partial charge is 0.466 e. The number of esters is 1. The Balaban J connectivity index is 3.90. The third-order valence-electron chi connectivity index (χ3n) is 2.11. The second-order valence-corrected chi connectivity index (χ2v) is 5.16. The zero-order chi connectivity index (χ0) is 11.9. The number of rotatable bonds is 7. The van der Waals surface area contributed by atoms with Crippen molar-refractivity contribution < 1.29 is 23.9 Å². The summed E-state index contributed by atoms with van der Waals surface area (Å²) in [5.41, 5.74) is 0. The van der Waals surface area contributed by atoms with Gasteiger partial charge in [-0.25, -0.2) is 0 Å². The molecule has 0 aliphatic rings. The molecule has 5 nitrogen and oxygen atoms in total. The fourth-order valence-electron chi connectivity index (χ4n) is 1.29. The molecule has 0 saturated carbocycles. The standard InChI is InChI=1S/C9H19O5P/c1-3-8(9(10)14-4-2)6-5-7-15(11,12)13/h8H,3-7H2,1-2H3,(H2,11,12,13). The fraction of sp³-hybridized carbons (Fsp3) is 0.889. The van der Waals surface area contributed by atoms with Crippen molar-refractivity contribution in [1.82, 2.24) is 0 Å². The Bertz CT molecular complexity index is 235. The minimum atomic E-state index is -3.93. The van der Waals surface area contributed by atoms with Crippen molar-refractivity contribution in [3.8, 4) is 0 Å². The molecule has 6 heteroatoms. The topological polar surface area (TPSA) is 83.8 Å². The van der Waals surface area contributed by atoms with Gasteiger partial charge in [-0.05, 0) is 26.2 Å². The van der Waals surface area contributed by atoms with Crippen molar-refractivity contribution in [2.45, 2.75) is 33.1 Å². The van der Waals surface area contributed by atoms with Gasteiger partial charge >= 0.3 is 13.6 Å². The highest BCUT2D eigenvalue weighted by Gasteiger charge is 2.19. The van der Waals surface area contributed by atoms with E-state index >= 15 is 0 Å². The lowest BCUT2D eigenvalue weighted by Crippen LogP contribution is -2.17. The number of carbonyl (C=O) groups is 1. The van der Waals surface area contributed by atoms with Crippen molar-refractivity contribution in [3.05, 3.63) is 0 Å². The maximum atomic E-state index is 11.3. The minimum absolute atomic E-state index is 0.164.